The summed E-state index contributed by atoms with van der Waals surface area (Å²) >= 11 is 0. The first-order valence-electron chi connectivity index (χ1n) is 8.91. The summed E-state index contributed by atoms with van der Waals surface area (Å²) in [6.07, 6.45) is 2.57. The van der Waals surface area contributed by atoms with Gasteiger partial charge in [0.15, 0.2) is 0 Å². The van der Waals surface area contributed by atoms with Gasteiger partial charge in [0.1, 0.15) is 0 Å². The number of hydrogen-bond acceptors (Lipinski definition) is 2. The number of carbonyl (C=O) groups is 2. The van der Waals surface area contributed by atoms with Gasteiger partial charge in [-0.25, -0.2) is 0 Å². The van der Waals surface area contributed by atoms with E-state index < -0.39 is 0 Å². The van der Waals surface area contributed by atoms with Crippen molar-refractivity contribution < 1.29 is 9.59 Å². The molecule has 0 bridgehead atoms. The van der Waals surface area contributed by atoms with E-state index in [1.165, 1.54) is 0 Å². The summed E-state index contributed by atoms with van der Waals surface area (Å²) in [6, 6.07) is 12.9. The topological polar surface area (TPSA) is 58.2 Å². The highest BCUT2D eigenvalue weighted by Gasteiger charge is 2.13. The molecule has 2 aromatic carbocycles. The minimum absolute atomic E-state index is 0.153. The van der Waals surface area contributed by atoms with Crippen LogP contribution in [-0.2, 0) is 12.8 Å². The Balaban J connectivity index is 2.23. The second-order valence-electron chi connectivity index (χ2n) is 5.95. The summed E-state index contributed by atoms with van der Waals surface area (Å²) in [5.74, 6) is -0.347. The molecule has 0 aromatic heterocycles. The molecule has 0 fully saturated rings. The average Bonchev–Trinajstić information content (AvgIpc) is 2.66. The van der Waals surface area contributed by atoms with Crippen LogP contribution in [0, 0.1) is 0 Å². The molecule has 2 rings (SSSR count). The largest absolute Gasteiger partial charge is 0.352 e. The minimum Gasteiger partial charge on any atom is -0.352 e. The van der Waals surface area contributed by atoms with Gasteiger partial charge in [-0.05, 0) is 48.6 Å². The fourth-order valence-electron chi connectivity index (χ4n) is 2.73. The molecule has 0 unspecified atom stereocenters. The van der Waals surface area contributed by atoms with Gasteiger partial charge in [0.05, 0.1) is 0 Å². The third kappa shape index (κ3) is 4.69. The maximum Gasteiger partial charge on any atom is 0.255 e. The van der Waals surface area contributed by atoms with Gasteiger partial charge in [0.25, 0.3) is 11.8 Å². The monoisotopic (exact) mass is 338 g/mol. The van der Waals surface area contributed by atoms with E-state index in [1.54, 1.807) is 24.3 Å². The van der Waals surface area contributed by atoms with Gasteiger partial charge in [0.2, 0.25) is 0 Å². The van der Waals surface area contributed by atoms with Crippen molar-refractivity contribution >= 4 is 17.5 Å². The highest BCUT2D eigenvalue weighted by atomic mass is 16.2. The highest BCUT2D eigenvalue weighted by molar-refractivity contribution is 6.06. The Morgan fingerprint density at radius 2 is 1.40 bits per heavy atom. The number of hydrogen-bond donors (Lipinski definition) is 2. The fourth-order valence-corrected chi connectivity index (χ4v) is 2.73. The zero-order valence-electron chi connectivity index (χ0n) is 15.2. The Labute approximate surface area is 149 Å². The summed E-state index contributed by atoms with van der Waals surface area (Å²) < 4.78 is 0. The lowest BCUT2D eigenvalue weighted by molar-refractivity contribution is 0.0953. The Morgan fingerprint density at radius 3 is 1.96 bits per heavy atom. The second-order valence-corrected chi connectivity index (χ2v) is 5.95. The smallest absolute Gasteiger partial charge is 0.255 e. The first-order valence-corrected chi connectivity index (χ1v) is 8.91. The molecule has 2 N–H and O–H groups in total. The normalized spacial score (nSPS) is 10.4. The van der Waals surface area contributed by atoms with Crippen molar-refractivity contribution in [1.29, 1.82) is 0 Å². The number of nitrogens with one attached hydrogen (secondary N) is 2. The number of anilines is 1. The van der Waals surface area contributed by atoms with Crippen molar-refractivity contribution in [3.8, 4) is 0 Å². The number of rotatable bonds is 7. The summed E-state index contributed by atoms with van der Waals surface area (Å²) in [5, 5.41) is 5.87. The lowest BCUT2D eigenvalue weighted by Crippen LogP contribution is -2.24. The lowest BCUT2D eigenvalue weighted by atomic mass is 10.0. The quantitative estimate of drug-likeness (QED) is 0.795. The summed E-state index contributed by atoms with van der Waals surface area (Å²) in [4.78, 5) is 24.8. The maximum absolute atomic E-state index is 12.7. The molecular formula is C21H26N2O2. The van der Waals surface area contributed by atoms with Gasteiger partial charge in [-0.1, -0.05) is 45.0 Å². The van der Waals surface area contributed by atoms with E-state index in [2.05, 4.69) is 24.5 Å². The lowest BCUT2D eigenvalue weighted by Gasteiger charge is -2.14. The average molecular weight is 338 g/mol. The van der Waals surface area contributed by atoms with Crippen LogP contribution in [0.1, 0.15) is 59.0 Å². The molecule has 0 aliphatic heterocycles. The van der Waals surface area contributed by atoms with E-state index in [9.17, 15) is 9.59 Å². The SMILES string of the molecule is CCCNC(=O)c1cccc(C(=O)Nc2c(CC)cccc2CC)c1. The molecule has 0 aliphatic carbocycles. The van der Waals surface area contributed by atoms with Crippen molar-refractivity contribution in [3.63, 3.8) is 0 Å². The van der Waals surface area contributed by atoms with E-state index >= 15 is 0 Å². The molecule has 0 spiro atoms. The molecular weight excluding hydrogens is 312 g/mol. The van der Waals surface area contributed by atoms with Crippen LogP contribution in [0.2, 0.25) is 0 Å². The molecule has 25 heavy (non-hydrogen) atoms. The van der Waals surface area contributed by atoms with Crippen LogP contribution in [0.5, 0.6) is 0 Å². The van der Waals surface area contributed by atoms with Crippen LogP contribution in [-0.4, -0.2) is 18.4 Å². The number of para-hydroxylation sites is 1. The molecule has 2 aromatic rings. The van der Waals surface area contributed by atoms with Gasteiger partial charge < -0.3 is 10.6 Å². The second kappa shape index (κ2) is 9.02. The Hall–Kier alpha value is -2.62. The number of benzene rings is 2. The van der Waals surface area contributed by atoms with Crippen molar-refractivity contribution in [2.75, 3.05) is 11.9 Å². The number of amides is 2. The van der Waals surface area contributed by atoms with Gasteiger partial charge >= 0.3 is 0 Å². The van der Waals surface area contributed by atoms with Crippen LogP contribution in [0.4, 0.5) is 5.69 Å². The third-order valence-corrected chi connectivity index (χ3v) is 4.16. The van der Waals surface area contributed by atoms with Crippen LogP contribution >= 0.6 is 0 Å². The van der Waals surface area contributed by atoms with E-state index in [-0.39, 0.29) is 11.8 Å². The molecule has 0 heterocycles. The standard InChI is InChI=1S/C21H26N2O2/c1-4-13-22-20(24)17-11-8-12-18(14-17)21(25)23-19-15(5-2)9-7-10-16(19)6-3/h7-12,14H,4-6,13H2,1-3H3,(H,22,24)(H,23,25). The first-order chi connectivity index (χ1) is 12.1. The van der Waals surface area contributed by atoms with Crippen molar-refractivity contribution in [3.05, 3.63) is 64.7 Å². The predicted octanol–water partition coefficient (Wildman–Crippen LogP) is 4.20. The first kappa shape index (κ1) is 18.7. The Kier molecular flexibility index (Phi) is 6.75. The number of aryl methyl sites for hydroxylation is 2. The van der Waals surface area contributed by atoms with E-state index in [0.717, 1.165) is 36.1 Å². The van der Waals surface area contributed by atoms with Crippen molar-refractivity contribution in [2.45, 2.75) is 40.0 Å². The minimum atomic E-state index is -0.194. The van der Waals surface area contributed by atoms with Crippen LogP contribution in [0.25, 0.3) is 0 Å². The summed E-state index contributed by atoms with van der Waals surface area (Å²) in [5.41, 5.74) is 4.10. The van der Waals surface area contributed by atoms with Gasteiger partial charge in [-0.3, -0.25) is 9.59 Å². The van der Waals surface area contributed by atoms with Crippen molar-refractivity contribution in [2.24, 2.45) is 0 Å². The van der Waals surface area contributed by atoms with E-state index in [0.29, 0.717) is 17.7 Å². The van der Waals surface area contributed by atoms with Gasteiger partial charge in [0, 0.05) is 23.4 Å². The third-order valence-electron chi connectivity index (χ3n) is 4.16. The molecule has 0 saturated carbocycles. The molecule has 0 aliphatic rings. The van der Waals surface area contributed by atoms with Gasteiger partial charge in [-0.15, -0.1) is 0 Å². The zero-order valence-corrected chi connectivity index (χ0v) is 15.2. The summed E-state index contributed by atoms with van der Waals surface area (Å²) in [7, 11) is 0. The maximum atomic E-state index is 12.7. The molecule has 0 atom stereocenters. The molecule has 2 amide bonds. The summed E-state index contributed by atoms with van der Waals surface area (Å²) in [6.45, 7) is 6.77. The molecule has 0 radical (unpaired) electrons. The molecule has 132 valence electrons. The predicted molar refractivity (Wildman–Crippen MR) is 102 cm³/mol. The van der Waals surface area contributed by atoms with Crippen LogP contribution in [0.15, 0.2) is 42.5 Å². The fraction of sp³-hybridized carbons (Fsp3) is 0.333. The van der Waals surface area contributed by atoms with Gasteiger partial charge in [-0.2, -0.15) is 0 Å². The van der Waals surface area contributed by atoms with E-state index in [1.807, 2.05) is 25.1 Å². The van der Waals surface area contributed by atoms with Crippen molar-refractivity contribution in [1.82, 2.24) is 5.32 Å². The number of carbonyl (C=O) groups excluding carboxylic acids is 2. The molecule has 4 heteroatoms. The molecule has 4 nitrogen and oxygen atoms in total. The highest BCUT2D eigenvalue weighted by Crippen LogP contribution is 2.23. The Bertz CT molecular complexity index is 731. The zero-order chi connectivity index (χ0) is 18.2. The van der Waals surface area contributed by atoms with E-state index in [4.69, 9.17) is 0 Å². The van der Waals surface area contributed by atoms with Crippen LogP contribution < -0.4 is 10.6 Å². The van der Waals surface area contributed by atoms with Crippen LogP contribution in [0.3, 0.4) is 0 Å². The Morgan fingerprint density at radius 1 is 0.840 bits per heavy atom. The molecule has 0 saturated heterocycles.